The summed E-state index contributed by atoms with van der Waals surface area (Å²) in [4.78, 5) is 4.34. The molecule has 11 heteroatoms. The normalized spacial score (nSPS) is 12.3. The van der Waals surface area contributed by atoms with E-state index in [1.54, 1.807) is 24.3 Å². The van der Waals surface area contributed by atoms with Gasteiger partial charge in [0, 0.05) is 5.69 Å². The summed E-state index contributed by atoms with van der Waals surface area (Å²) in [6.07, 6.45) is 0. The largest absolute Gasteiger partial charge is 0.487 e. The maximum absolute atomic E-state index is 13.2. The number of nitrogens with two attached hydrogens (primary N) is 1. The Kier molecular flexibility index (Phi) is 5.99. The highest BCUT2D eigenvalue weighted by Gasteiger charge is 2.18. The summed E-state index contributed by atoms with van der Waals surface area (Å²) in [7, 11) is -2.62. The van der Waals surface area contributed by atoms with Crippen molar-refractivity contribution in [3.8, 4) is 16.9 Å². The summed E-state index contributed by atoms with van der Waals surface area (Å²) >= 11 is 0. The Labute approximate surface area is 183 Å². The van der Waals surface area contributed by atoms with E-state index in [0.717, 1.165) is 0 Å². The third-order valence-electron chi connectivity index (χ3n) is 4.65. The lowest BCUT2D eigenvalue weighted by Gasteiger charge is -2.15. The van der Waals surface area contributed by atoms with Crippen LogP contribution in [0.3, 0.4) is 0 Å². The molecule has 2 aromatic heterocycles. The summed E-state index contributed by atoms with van der Waals surface area (Å²) in [6, 6.07) is 12.3. The highest BCUT2D eigenvalue weighted by molar-refractivity contribution is 7.86. The molecule has 166 valence electrons. The first-order chi connectivity index (χ1) is 15.3. The monoisotopic (exact) mass is 461 g/mol. The molecular weight excluding hydrogens is 443 g/mol. The molecule has 0 spiro atoms. The minimum Gasteiger partial charge on any atom is -0.487 e. The average Bonchev–Trinajstić information content (AvgIpc) is 3.13. The SMILES string of the molecule is Cc1cc(-c2ccc(NS(=O)C(F)F)c(OCc3ccc(F)cc3)c2)c2c(N)[nH]nc2n1. The van der Waals surface area contributed by atoms with Crippen LogP contribution in [0.5, 0.6) is 5.75 Å². The van der Waals surface area contributed by atoms with Crippen LogP contribution < -0.4 is 15.2 Å². The van der Waals surface area contributed by atoms with E-state index in [2.05, 4.69) is 19.9 Å². The molecule has 0 amide bonds. The number of nitrogens with zero attached hydrogens (tertiary/aromatic N) is 2. The van der Waals surface area contributed by atoms with Crippen LogP contribution in [0.25, 0.3) is 22.2 Å². The van der Waals surface area contributed by atoms with Crippen molar-refractivity contribution in [2.45, 2.75) is 19.3 Å². The van der Waals surface area contributed by atoms with Gasteiger partial charge in [0.05, 0.1) is 11.1 Å². The Morgan fingerprint density at radius 1 is 1.19 bits per heavy atom. The molecule has 0 bridgehead atoms. The van der Waals surface area contributed by atoms with Crippen molar-refractivity contribution in [1.82, 2.24) is 15.2 Å². The van der Waals surface area contributed by atoms with Crippen LogP contribution in [-0.4, -0.2) is 25.1 Å². The van der Waals surface area contributed by atoms with Crippen LogP contribution in [0.1, 0.15) is 11.3 Å². The quantitative estimate of drug-likeness (QED) is 0.375. The first-order valence-electron chi connectivity index (χ1n) is 9.40. The Hall–Kier alpha value is -3.60. The Morgan fingerprint density at radius 2 is 1.94 bits per heavy atom. The number of rotatable bonds is 7. The summed E-state index contributed by atoms with van der Waals surface area (Å²) in [5, 5.41) is 7.39. The smallest absolute Gasteiger partial charge is 0.330 e. The third kappa shape index (κ3) is 4.52. The number of fused-ring (bicyclic) bond motifs is 1. The van der Waals surface area contributed by atoms with Crippen molar-refractivity contribution < 1.29 is 22.1 Å². The van der Waals surface area contributed by atoms with E-state index in [1.165, 1.54) is 18.2 Å². The Bertz CT molecular complexity index is 1290. The molecule has 0 saturated heterocycles. The first kappa shape index (κ1) is 21.6. The number of anilines is 2. The van der Waals surface area contributed by atoms with Gasteiger partial charge in [-0.3, -0.25) is 9.82 Å². The molecule has 0 aliphatic rings. The van der Waals surface area contributed by atoms with Crippen LogP contribution >= 0.6 is 0 Å². The van der Waals surface area contributed by atoms with Crippen molar-refractivity contribution in [3.05, 3.63) is 65.6 Å². The number of hydrogen-bond acceptors (Lipinski definition) is 5. The molecule has 4 rings (SSSR count). The Morgan fingerprint density at radius 3 is 2.66 bits per heavy atom. The van der Waals surface area contributed by atoms with E-state index in [0.29, 0.717) is 39.2 Å². The Balaban J connectivity index is 1.75. The molecule has 4 N–H and O–H groups in total. The predicted molar refractivity (Wildman–Crippen MR) is 117 cm³/mol. The highest BCUT2D eigenvalue weighted by atomic mass is 32.2. The zero-order chi connectivity index (χ0) is 22.8. The van der Waals surface area contributed by atoms with E-state index in [9.17, 15) is 17.4 Å². The van der Waals surface area contributed by atoms with Crippen LogP contribution in [-0.2, 0) is 17.6 Å². The van der Waals surface area contributed by atoms with Gasteiger partial charge >= 0.3 is 5.76 Å². The van der Waals surface area contributed by atoms with Crippen LogP contribution in [0, 0.1) is 12.7 Å². The molecule has 0 saturated carbocycles. The van der Waals surface area contributed by atoms with Gasteiger partial charge in [-0.2, -0.15) is 13.9 Å². The zero-order valence-corrected chi connectivity index (χ0v) is 17.6. The predicted octanol–water partition coefficient (Wildman–Crippen LogP) is 4.53. The maximum atomic E-state index is 13.2. The number of benzene rings is 2. The lowest BCUT2D eigenvalue weighted by atomic mass is 10.0. The lowest BCUT2D eigenvalue weighted by Crippen LogP contribution is -2.13. The van der Waals surface area contributed by atoms with Crippen molar-refractivity contribution in [2.24, 2.45) is 0 Å². The highest BCUT2D eigenvalue weighted by Crippen LogP contribution is 2.36. The number of pyridine rings is 1. The number of ether oxygens (including phenoxy) is 1. The number of aromatic amines is 1. The number of nitrogens with one attached hydrogen (secondary N) is 2. The molecule has 0 radical (unpaired) electrons. The second kappa shape index (κ2) is 8.87. The van der Waals surface area contributed by atoms with Gasteiger partial charge in [0.15, 0.2) is 16.6 Å². The first-order valence-corrected chi connectivity index (χ1v) is 10.6. The van der Waals surface area contributed by atoms with Gasteiger partial charge < -0.3 is 10.5 Å². The number of halogens is 3. The number of nitrogen functional groups attached to an aromatic ring is 1. The van der Waals surface area contributed by atoms with E-state index < -0.39 is 16.7 Å². The van der Waals surface area contributed by atoms with Crippen molar-refractivity contribution >= 4 is 33.5 Å². The summed E-state index contributed by atoms with van der Waals surface area (Å²) in [6.45, 7) is 1.85. The third-order valence-corrected chi connectivity index (χ3v) is 5.40. The molecule has 7 nitrogen and oxygen atoms in total. The van der Waals surface area contributed by atoms with Gasteiger partial charge in [-0.1, -0.05) is 18.2 Å². The average molecular weight is 461 g/mol. The molecule has 0 aliphatic heterocycles. The fourth-order valence-corrected chi connectivity index (χ4v) is 3.66. The van der Waals surface area contributed by atoms with Gasteiger partial charge in [0.25, 0.3) is 0 Å². The minimum atomic E-state index is -3.08. The van der Waals surface area contributed by atoms with Gasteiger partial charge in [-0.05, 0) is 53.9 Å². The molecule has 2 heterocycles. The maximum Gasteiger partial charge on any atom is 0.330 e. The minimum absolute atomic E-state index is 0.0400. The number of hydrogen-bond donors (Lipinski definition) is 3. The number of aryl methyl sites for hydroxylation is 1. The summed E-state index contributed by atoms with van der Waals surface area (Å²) in [5.41, 5.74) is 9.33. The fraction of sp³-hybridized carbons (Fsp3) is 0.143. The number of aromatic nitrogens is 3. The number of alkyl halides is 2. The van der Waals surface area contributed by atoms with Crippen LogP contribution in [0.2, 0.25) is 0 Å². The molecule has 0 fully saturated rings. The molecule has 2 aromatic carbocycles. The van der Waals surface area contributed by atoms with Gasteiger partial charge in [-0.15, -0.1) is 0 Å². The molecule has 1 atom stereocenters. The standard InChI is InChI=1S/C21H18F3N5O2S/c1-11-8-15(18-19(25)27-28-20(18)26-11)13-4-7-16(29-32(30)21(23)24)17(9-13)31-10-12-2-5-14(22)6-3-12/h2-9,21,29H,10H2,1H3,(H3,25,26,27,28). The molecule has 1 unspecified atom stereocenters. The second-order valence-electron chi connectivity index (χ2n) is 6.93. The van der Waals surface area contributed by atoms with Crippen molar-refractivity contribution in [2.75, 3.05) is 10.5 Å². The van der Waals surface area contributed by atoms with Gasteiger partial charge in [-0.25, -0.2) is 13.6 Å². The van der Waals surface area contributed by atoms with Gasteiger partial charge in [0.2, 0.25) is 0 Å². The number of H-pyrrole nitrogens is 1. The van der Waals surface area contributed by atoms with E-state index >= 15 is 0 Å². The molecular formula is C21H18F3N5O2S. The van der Waals surface area contributed by atoms with Crippen LogP contribution in [0.15, 0.2) is 48.5 Å². The summed E-state index contributed by atoms with van der Waals surface area (Å²) in [5.74, 6) is -2.95. The second-order valence-corrected chi connectivity index (χ2v) is 8.09. The zero-order valence-electron chi connectivity index (χ0n) is 16.7. The summed E-state index contributed by atoms with van der Waals surface area (Å²) < 4.78 is 58.6. The van der Waals surface area contributed by atoms with Gasteiger partial charge in [0.1, 0.15) is 24.0 Å². The molecule has 4 aromatic rings. The fourth-order valence-electron chi connectivity index (χ4n) is 3.19. The van der Waals surface area contributed by atoms with E-state index in [-0.39, 0.29) is 23.9 Å². The van der Waals surface area contributed by atoms with Crippen LogP contribution in [0.4, 0.5) is 24.7 Å². The van der Waals surface area contributed by atoms with Crippen molar-refractivity contribution in [1.29, 1.82) is 0 Å². The van der Waals surface area contributed by atoms with E-state index in [4.69, 9.17) is 10.5 Å². The van der Waals surface area contributed by atoms with E-state index in [1.807, 2.05) is 13.0 Å². The topological polar surface area (TPSA) is 106 Å². The lowest BCUT2D eigenvalue weighted by molar-refractivity contribution is 0.244. The van der Waals surface area contributed by atoms with Crippen molar-refractivity contribution in [3.63, 3.8) is 0 Å². The molecule has 0 aliphatic carbocycles. The molecule has 32 heavy (non-hydrogen) atoms.